The van der Waals surface area contributed by atoms with Crippen molar-refractivity contribution in [2.24, 2.45) is 11.8 Å². The highest BCUT2D eigenvalue weighted by Gasteiger charge is 2.35. The maximum Gasteiger partial charge on any atom is 0.221 e. The number of benzene rings is 1. The number of anilines is 2. The van der Waals surface area contributed by atoms with Gasteiger partial charge in [0, 0.05) is 29.3 Å². The van der Waals surface area contributed by atoms with Crippen LogP contribution in [0.1, 0.15) is 6.42 Å². The monoisotopic (exact) mass is 336 g/mol. The fourth-order valence-electron chi connectivity index (χ4n) is 2.23. The molecule has 0 spiro atoms. The number of halogens is 1. The molecule has 0 bridgehead atoms. The molecule has 2 aromatic rings. The summed E-state index contributed by atoms with van der Waals surface area (Å²) in [6, 6.07) is 7.61. The van der Waals surface area contributed by atoms with Crippen LogP contribution in [0, 0.1) is 11.8 Å². The van der Waals surface area contributed by atoms with Crippen LogP contribution in [0.15, 0.2) is 40.3 Å². The average molecular weight is 337 g/mol. The zero-order valence-electron chi connectivity index (χ0n) is 11.9. The number of hydrogen-bond donors (Lipinski definition) is 3. The van der Waals surface area contributed by atoms with Gasteiger partial charge in [-0.2, -0.15) is 4.98 Å². The number of aliphatic hydroxyl groups excluding tert-OH is 1. The van der Waals surface area contributed by atoms with Crippen molar-refractivity contribution in [1.29, 1.82) is 0 Å². The number of nitrogen functional groups attached to an aromatic ring is 1. The Labute approximate surface area is 138 Å². The third-order valence-corrected chi connectivity index (χ3v) is 4.93. The van der Waals surface area contributed by atoms with Gasteiger partial charge in [-0.05, 0) is 42.5 Å². The third kappa shape index (κ3) is 3.82. The van der Waals surface area contributed by atoms with Crippen LogP contribution in [0.5, 0.6) is 0 Å². The number of rotatable bonds is 6. The van der Waals surface area contributed by atoms with Gasteiger partial charge in [0.1, 0.15) is 5.82 Å². The van der Waals surface area contributed by atoms with Crippen molar-refractivity contribution in [2.45, 2.75) is 16.2 Å². The van der Waals surface area contributed by atoms with Crippen LogP contribution < -0.4 is 11.1 Å². The second kappa shape index (κ2) is 6.73. The summed E-state index contributed by atoms with van der Waals surface area (Å²) in [5.41, 5.74) is 5.69. The quantitative estimate of drug-likeness (QED) is 0.752. The Kier molecular flexibility index (Phi) is 4.71. The molecule has 0 radical (unpaired) electrons. The predicted molar refractivity (Wildman–Crippen MR) is 89.2 cm³/mol. The Morgan fingerprint density at radius 1 is 1.32 bits per heavy atom. The summed E-state index contributed by atoms with van der Waals surface area (Å²) in [4.78, 5) is 10.3. The van der Waals surface area contributed by atoms with Crippen molar-refractivity contribution in [1.82, 2.24) is 9.97 Å². The van der Waals surface area contributed by atoms with Gasteiger partial charge < -0.3 is 16.2 Å². The zero-order chi connectivity index (χ0) is 15.5. The van der Waals surface area contributed by atoms with E-state index >= 15 is 0 Å². The first-order valence-corrected chi connectivity index (χ1v) is 8.26. The van der Waals surface area contributed by atoms with Gasteiger partial charge in [0.15, 0.2) is 0 Å². The lowest BCUT2D eigenvalue weighted by Gasteiger charge is -2.11. The van der Waals surface area contributed by atoms with Crippen LogP contribution in [-0.2, 0) is 0 Å². The molecule has 1 aliphatic rings. The van der Waals surface area contributed by atoms with E-state index in [1.54, 1.807) is 18.0 Å². The van der Waals surface area contributed by atoms with Gasteiger partial charge >= 0.3 is 0 Å². The number of aliphatic hydroxyl groups is 1. The van der Waals surface area contributed by atoms with Gasteiger partial charge in [-0.25, -0.2) is 4.98 Å². The normalized spacial score (nSPS) is 19.9. The summed E-state index contributed by atoms with van der Waals surface area (Å²) in [5.74, 6) is 1.90. The Morgan fingerprint density at radius 3 is 2.77 bits per heavy atom. The molecule has 2 atom stereocenters. The van der Waals surface area contributed by atoms with Gasteiger partial charge in [0.05, 0.1) is 4.90 Å². The van der Waals surface area contributed by atoms with Crippen molar-refractivity contribution in [3.8, 4) is 0 Å². The molecular weight excluding hydrogens is 320 g/mol. The molecule has 0 aliphatic heterocycles. The molecule has 1 aromatic carbocycles. The minimum absolute atomic E-state index is 0.248. The minimum atomic E-state index is 0.248. The summed E-state index contributed by atoms with van der Waals surface area (Å²) in [6.45, 7) is 1.04. The van der Waals surface area contributed by atoms with E-state index in [4.69, 9.17) is 22.4 Å². The molecule has 1 aromatic heterocycles. The van der Waals surface area contributed by atoms with E-state index in [1.165, 1.54) is 0 Å². The van der Waals surface area contributed by atoms with Crippen LogP contribution in [0.25, 0.3) is 0 Å². The third-order valence-electron chi connectivity index (χ3n) is 3.65. The molecule has 1 fully saturated rings. The highest BCUT2D eigenvalue weighted by Crippen LogP contribution is 2.39. The molecule has 1 saturated carbocycles. The Balaban J connectivity index is 1.71. The summed E-state index contributed by atoms with van der Waals surface area (Å²) >= 11 is 7.46. The SMILES string of the molecule is Nc1ncc(Sc2ccc(Cl)cc2)c(NCC2CC2CO)n1. The van der Waals surface area contributed by atoms with Crippen LogP contribution in [0.2, 0.25) is 5.02 Å². The van der Waals surface area contributed by atoms with Gasteiger partial charge in [-0.1, -0.05) is 23.4 Å². The van der Waals surface area contributed by atoms with E-state index in [-0.39, 0.29) is 12.6 Å². The zero-order valence-corrected chi connectivity index (χ0v) is 13.4. The minimum Gasteiger partial charge on any atom is -0.396 e. The molecule has 4 N–H and O–H groups in total. The first-order chi connectivity index (χ1) is 10.7. The molecule has 0 amide bonds. The van der Waals surface area contributed by atoms with E-state index in [2.05, 4.69) is 15.3 Å². The molecule has 116 valence electrons. The lowest BCUT2D eigenvalue weighted by atomic mass is 10.3. The van der Waals surface area contributed by atoms with E-state index < -0.39 is 0 Å². The van der Waals surface area contributed by atoms with E-state index in [0.717, 1.165) is 28.6 Å². The fourth-order valence-corrected chi connectivity index (χ4v) is 3.20. The molecule has 3 rings (SSSR count). The number of nitrogens with zero attached hydrogens (tertiary/aromatic N) is 2. The molecule has 22 heavy (non-hydrogen) atoms. The predicted octanol–water partition coefficient (Wildman–Crippen LogP) is 2.90. The van der Waals surface area contributed by atoms with Crippen LogP contribution in [-0.4, -0.2) is 28.2 Å². The van der Waals surface area contributed by atoms with E-state index in [0.29, 0.717) is 16.9 Å². The number of hydrogen-bond acceptors (Lipinski definition) is 6. The van der Waals surface area contributed by atoms with Gasteiger partial charge in [0.2, 0.25) is 5.95 Å². The lowest BCUT2D eigenvalue weighted by molar-refractivity contribution is 0.270. The van der Waals surface area contributed by atoms with Crippen molar-refractivity contribution >= 4 is 35.1 Å². The smallest absolute Gasteiger partial charge is 0.221 e. The molecular formula is C15H17ClN4OS. The average Bonchev–Trinajstić information content (AvgIpc) is 3.28. The Bertz CT molecular complexity index is 652. The molecule has 7 heteroatoms. The lowest BCUT2D eigenvalue weighted by Crippen LogP contribution is -2.10. The van der Waals surface area contributed by atoms with Gasteiger partial charge in [0.25, 0.3) is 0 Å². The standard InChI is InChI=1S/C15H17ClN4OS/c16-11-1-3-12(4-2-11)22-13-7-19-15(17)20-14(13)18-6-9-5-10(9)8-21/h1-4,7,9-10,21H,5-6,8H2,(H3,17,18,19,20). The molecule has 1 aliphatic carbocycles. The second-order valence-electron chi connectivity index (χ2n) is 5.32. The second-order valence-corrected chi connectivity index (χ2v) is 6.87. The van der Waals surface area contributed by atoms with Crippen molar-refractivity contribution in [3.63, 3.8) is 0 Å². The fraction of sp³-hybridized carbons (Fsp3) is 0.333. The number of nitrogens with two attached hydrogens (primary N) is 1. The molecule has 5 nitrogen and oxygen atoms in total. The Morgan fingerprint density at radius 2 is 2.09 bits per heavy atom. The molecule has 1 heterocycles. The first kappa shape index (κ1) is 15.4. The van der Waals surface area contributed by atoms with Crippen molar-refractivity contribution in [2.75, 3.05) is 24.2 Å². The van der Waals surface area contributed by atoms with E-state index in [9.17, 15) is 0 Å². The van der Waals surface area contributed by atoms with Crippen LogP contribution >= 0.6 is 23.4 Å². The van der Waals surface area contributed by atoms with Crippen LogP contribution in [0.4, 0.5) is 11.8 Å². The molecule has 2 unspecified atom stereocenters. The first-order valence-electron chi connectivity index (χ1n) is 7.06. The largest absolute Gasteiger partial charge is 0.396 e. The maximum absolute atomic E-state index is 9.10. The van der Waals surface area contributed by atoms with Crippen LogP contribution in [0.3, 0.4) is 0 Å². The summed E-state index contributed by atoms with van der Waals surface area (Å²) in [6.07, 6.45) is 2.78. The number of aromatic nitrogens is 2. The Hall–Kier alpha value is -1.50. The summed E-state index contributed by atoms with van der Waals surface area (Å²) in [7, 11) is 0. The van der Waals surface area contributed by atoms with Crippen molar-refractivity contribution in [3.05, 3.63) is 35.5 Å². The topological polar surface area (TPSA) is 84.1 Å². The number of nitrogens with one attached hydrogen (secondary N) is 1. The molecule has 0 saturated heterocycles. The van der Waals surface area contributed by atoms with Gasteiger partial charge in [-0.15, -0.1) is 0 Å². The highest BCUT2D eigenvalue weighted by molar-refractivity contribution is 7.99. The summed E-state index contributed by atoms with van der Waals surface area (Å²) < 4.78 is 0. The van der Waals surface area contributed by atoms with Crippen molar-refractivity contribution < 1.29 is 5.11 Å². The highest BCUT2D eigenvalue weighted by atomic mass is 35.5. The van der Waals surface area contributed by atoms with E-state index in [1.807, 2.05) is 24.3 Å². The summed E-state index contributed by atoms with van der Waals surface area (Å²) in [5, 5.41) is 13.1. The maximum atomic E-state index is 9.10. The van der Waals surface area contributed by atoms with Gasteiger partial charge in [-0.3, -0.25) is 0 Å².